The number of rotatable bonds is 4. The number of carbonyl (C=O) groups is 2. The summed E-state index contributed by atoms with van der Waals surface area (Å²) in [5.74, 6) is -2.15. The monoisotopic (exact) mass is 288 g/mol. The van der Waals surface area contributed by atoms with Gasteiger partial charge in [-0.1, -0.05) is 24.3 Å². The van der Waals surface area contributed by atoms with Gasteiger partial charge in [-0.25, -0.2) is 14.0 Å². The van der Waals surface area contributed by atoms with E-state index in [1.54, 1.807) is 0 Å². The molecule has 0 aromatic heterocycles. The highest BCUT2D eigenvalue weighted by atomic mass is 19.1. The van der Waals surface area contributed by atoms with Crippen molar-refractivity contribution in [3.63, 3.8) is 0 Å². The van der Waals surface area contributed by atoms with Crippen LogP contribution in [0.3, 0.4) is 0 Å². The molecule has 0 radical (unpaired) electrons. The number of carboxylic acids is 2. The molecule has 0 atom stereocenters. The smallest absolute Gasteiger partial charge is 0.335 e. The van der Waals surface area contributed by atoms with Gasteiger partial charge in [0.05, 0.1) is 11.1 Å². The van der Waals surface area contributed by atoms with Gasteiger partial charge < -0.3 is 10.2 Å². The van der Waals surface area contributed by atoms with Crippen molar-refractivity contribution >= 4 is 11.9 Å². The van der Waals surface area contributed by atoms with Crippen LogP contribution in [-0.4, -0.2) is 22.2 Å². The quantitative estimate of drug-likeness (QED) is 0.905. The van der Waals surface area contributed by atoms with E-state index in [1.807, 2.05) is 0 Å². The Hall–Kier alpha value is -2.69. The molecule has 4 nitrogen and oxygen atoms in total. The minimum absolute atomic E-state index is 0.0794. The summed E-state index contributed by atoms with van der Waals surface area (Å²) in [6, 6.07) is 11.0. The Morgan fingerprint density at radius 3 is 1.33 bits per heavy atom. The molecular weight excluding hydrogens is 275 g/mol. The van der Waals surface area contributed by atoms with E-state index < -0.39 is 17.6 Å². The number of alkyl halides is 1. The average molecular weight is 288 g/mol. The zero-order valence-corrected chi connectivity index (χ0v) is 11.2. The fourth-order valence-electron chi connectivity index (χ4n) is 2.02. The maximum atomic E-state index is 14.9. The van der Waals surface area contributed by atoms with Crippen molar-refractivity contribution in [2.24, 2.45) is 0 Å². The van der Waals surface area contributed by atoms with Crippen LogP contribution in [0.1, 0.15) is 38.8 Å². The van der Waals surface area contributed by atoms with Crippen molar-refractivity contribution in [1.82, 2.24) is 0 Å². The van der Waals surface area contributed by atoms with Gasteiger partial charge in [0.25, 0.3) is 0 Å². The fourth-order valence-corrected chi connectivity index (χ4v) is 2.02. The third-order valence-corrected chi connectivity index (χ3v) is 3.35. The summed E-state index contributed by atoms with van der Waals surface area (Å²) in [7, 11) is 0. The van der Waals surface area contributed by atoms with Crippen molar-refractivity contribution in [3.8, 4) is 0 Å². The largest absolute Gasteiger partial charge is 0.478 e. The first-order valence-corrected chi connectivity index (χ1v) is 6.19. The first-order chi connectivity index (χ1) is 9.82. The Bertz CT molecular complexity index is 613. The standard InChI is InChI=1S/C16H13FO4/c1-16(17,12-6-2-10(3-7-12)14(18)19)13-8-4-11(5-9-13)15(20)21/h2-9H,1H3,(H,18,19)(H,20,21). The maximum Gasteiger partial charge on any atom is 0.335 e. The second-order valence-corrected chi connectivity index (χ2v) is 4.77. The second-order valence-electron chi connectivity index (χ2n) is 4.77. The van der Waals surface area contributed by atoms with E-state index in [4.69, 9.17) is 10.2 Å². The fraction of sp³-hybridized carbons (Fsp3) is 0.125. The highest BCUT2D eigenvalue weighted by molar-refractivity contribution is 5.88. The number of hydrogen-bond acceptors (Lipinski definition) is 2. The van der Waals surface area contributed by atoms with Crippen molar-refractivity contribution < 1.29 is 24.2 Å². The average Bonchev–Trinajstić information content (AvgIpc) is 2.47. The Morgan fingerprint density at radius 1 is 0.810 bits per heavy atom. The summed E-state index contributed by atoms with van der Waals surface area (Å²) >= 11 is 0. The van der Waals surface area contributed by atoms with Crippen LogP contribution in [0.25, 0.3) is 0 Å². The molecule has 2 aromatic carbocycles. The Morgan fingerprint density at radius 2 is 1.10 bits per heavy atom. The van der Waals surface area contributed by atoms with E-state index in [2.05, 4.69) is 0 Å². The lowest BCUT2D eigenvalue weighted by Gasteiger charge is -2.21. The molecular formula is C16H13FO4. The van der Waals surface area contributed by atoms with Crippen molar-refractivity contribution in [1.29, 1.82) is 0 Å². The minimum Gasteiger partial charge on any atom is -0.478 e. The van der Waals surface area contributed by atoms with Crippen LogP contribution in [-0.2, 0) is 5.67 Å². The summed E-state index contributed by atoms with van der Waals surface area (Å²) in [6.45, 7) is 1.35. The van der Waals surface area contributed by atoms with E-state index in [0.29, 0.717) is 11.1 Å². The molecule has 0 unspecified atom stereocenters. The van der Waals surface area contributed by atoms with Crippen LogP contribution in [0.15, 0.2) is 48.5 Å². The molecule has 0 aliphatic heterocycles. The van der Waals surface area contributed by atoms with Gasteiger partial charge in [-0.05, 0) is 42.3 Å². The van der Waals surface area contributed by atoms with Crippen LogP contribution in [0, 0.1) is 0 Å². The number of benzene rings is 2. The zero-order chi connectivity index (χ0) is 15.6. The highest BCUT2D eigenvalue weighted by Gasteiger charge is 2.28. The number of aromatic carboxylic acids is 2. The van der Waals surface area contributed by atoms with Gasteiger partial charge in [-0.3, -0.25) is 0 Å². The number of hydrogen-bond donors (Lipinski definition) is 2. The number of carboxylic acid groups (broad SMARTS) is 2. The molecule has 0 amide bonds. The lowest BCUT2D eigenvalue weighted by atomic mass is 9.89. The molecule has 0 bridgehead atoms. The Kier molecular flexibility index (Phi) is 3.76. The summed E-state index contributed by atoms with van der Waals surface area (Å²) in [5, 5.41) is 17.7. The Balaban J connectivity index is 2.36. The zero-order valence-electron chi connectivity index (χ0n) is 11.2. The normalized spacial score (nSPS) is 11.1. The van der Waals surface area contributed by atoms with Crippen LogP contribution >= 0.6 is 0 Å². The molecule has 2 N–H and O–H groups in total. The van der Waals surface area contributed by atoms with Gasteiger partial charge in [0.15, 0.2) is 5.67 Å². The minimum atomic E-state index is -1.84. The third kappa shape index (κ3) is 2.91. The first kappa shape index (κ1) is 14.7. The summed E-state index contributed by atoms with van der Waals surface area (Å²) in [5.41, 5.74) is -1.08. The molecule has 0 fully saturated rings. The lowest BCUT2D eigenvalue weighted by Crippen LogP contribution is -2.17. The molecule has 2 aromatic rings. The third-order valence-electron chi connectivity index (χ3n) is 3.35. The maximum absolute atomic E-state index is 14.9. The van der Waals surface area contributed by atoms with Gasteiger partial charge >= 0.3 is 11.9 Å². The molecule has 0 saturated carbocycles. The molecule has 108 valence electrons. The van der Waals surface area contributed by atoms with Crippen molar-refractivity contribution in [2.75, 3.05) is 0 Å². The van der Waals surface area contributed by atoms with E-state index in [-0.39, 0.29) is 11.1 Å². The topological polar surface area (TPSA) is 74.6 Å². The molecule has 21 heavy (non-hydrogen) atoms. The van der Waals surface area contributed by atoms with Crippen LogP contribution < -0.4 is 0 Å². The molecule has 0 heterocycles. The molecule has 5 heteroatoms. The van der Waals surface area contributed by atoms with Gasteiger partial charge in [-0.15, -0.1) is 0 Å². The predicted octanol–water partition coefficient (Wildman–Crippen LogP) is 3.32. The predicted molar refractivity (Wildman–Crippen MR) is 74.4 cm³/mol. The SMILES string of the molecule is CC(F)(c1ccc(C(=O)O)cc1)c1ccc(C(=O)O)cc1. The van der Waals surface area contributed by atoms with Crippen molar-refractivity contribution in [3.05, 3.63) is 70.8 Å². The Labute approximate surface area is 120 Å². The summed E-state index contributed by atoms with van der Waals surface area (Å²) < 4.78 is 14.9. The van der Waals surface area contributed by atoms with Crippen LogP contribution in [0.4, 0.5) is 4.39 Å². The lowest BCUT2D eigenvalue weighted by molar-refractivity contribution is 0.0686. The molecule has 0 aliphatic rings. The molecule has 0 spiro atoms. The van der Waals surface area contributed by atoms with E-state index >= 15 is 0 Å². The summed E-state index contributed by atoms with van der Waals surface area (Å²) in [4.78, 5) is 21.6. The van der Waals surface area contributed by atoms with Crippen molar-refractivity contribution in [2.45, 2.75) is 12.6 Å². The van der Waals surface area contributed by atoms with E-state index in [0.717, 1.165) is 0 Å². The highest BCUT2D eigenvalue weighted by Crippen LogP contribution is 2.33. The molecule has 0 saturated heterocycles. The van der Waals surface area contributed by atoms with Gasteiger partial charge in [0, 0.05) is 0 Å². The van der Waals surface area contributed by atoms with Gasteiger partial charge in [0.1, 0.15) is 0 Å². The number of halogens is 1. The van der Waals surface area contributed by atoms with Crippen LogP contribution in [0.2, 0.25) is 0 Å². The summed E-state index contributed by atoms with van der Waals surface area (Å²) in [6.07, 6.45) is 0. The molecule has 0 aliphatic carbocycles. The van der Waals surface area contributed by atoms with Crippen LogP contribution in [0.5, 0.6) is 0 Å². The second kappa shape index (κ2) is 5.36. The molecule has 2 rings (SSSR count). The van der Waals surface area contributed by atoms with Gasteiger partial charge in [-0.2, -0.15) is 0 Å². The van der Waals surface area contributed by atoms with E-state index in [1.165, 1.54) is 55.5 Å². The first-order valence-electron chi connectivity index (χ1n) is 6.19. The van der Waals surface area contributed by atoms with Gasteiger partial charge in [0.2, 0.25) is 0 Å². The van der Waals surface area contributed by atoms with E-state index in [9.17, 15) is 14.0 Å².